The third kappa shape index (κ3) is 5.64. The molecule has 0 aliphatic heterocycles. The number of hydrogen-bond donors (Lipinski definition) is 2. The van der Waals surface area contributed by atoms with Crippen molar-refractivity contribution in [3.63, 3.8) is 0 Å². The quantitative estimate of drug-likeness (QED) is 0.602. The number of rotatable bonds is 11. The lowest BCUT2D eigenvalue weighted by Gasteiger charge is -2.15. The molecule has 24 heavy (non-hydrogen) atoms. The van der Waals surface area contributed by atoms with Crippen LogP contribution in [0.25, 0.3) is 0 Å². The first-order valence-electron chi connectivity index (χ1n) is 7.84. The van der Waals surface area contributed by atoms with E-state index in [1.807, 2.05) is 0 Å². The number of nitrogens with one attached hydrogen (secondary N) is 1. The predicted molar refractivity (Wildman–Crippen MR) is 89.2 cm³/mol. The summed E-state index contributed by atoms with van der Waals surface area (Å²) < 4.78 is 15.7. The SMILES string of the molecule is COc1ccc(C(=O)NCCCCCCC(=O)O)c(OC)c1OC. The predicted octanol–water partition coefficient (Wildman–Crippen LogP) is 2.48. The van der Waals surface area contributed by atoms with E-state index in [4.69, 9.17) is 19.3 Å². The van der Waals surface area contributed by atoms with Crippen LogP contribution < -0.4 is 19.5 Å². The van der Waals surface area contributed by atoms with Gasteiger partial charge in [0.25, 0.3) is 5.91 Å². The number of carbonyl (C=O) groups excluding carboxylic acids is 1. The van der Waals surface area contributed by atoms with Crippen molar-refractivity contribution in [3.05, 3.63) is 17.7 Å². The molecule has 1 rings (SSSR count). The molecule has 0 atom stereocenters. The minimum Gasteiger partial charge on any atom is -0.493 e. The first kappa shape index (κ1) is 19.6. The lowest BCUT2D eigenvalue weighted by Crippen LogP contribution is -2.25. The van der Waals surface area contributed by atoms with Gasteiger partial charge in [-0.1, -0.05) is 12.8 Å². The van der Waals surface area contributed by atoms with Crippen LogP contribution in [0.15, 0.2) is 12.1 Å². The number of amides is 1. The molecule has 0 bridgehead atoms. The molecule has 2 N–H and O–H groups in total. The van der Waals surface area contributed by atoms with E-state index in [9.17, 15) is 9.59 Å². The van der Waals surface area contributed by atoms with Crippen LogP contribution in [0, 0.1) is 0 Å². The normalized spacial score (nSPS) is 10.1. The highest BCUT2D eigenvalue weighted by Gasteiger charge is 2.20. The maximum atomic E-state index is 12.3. The zero-order chi connectivity index (χ0) is 17.9. The molecule has 0 radical (unpaired) electrons. The van der Waals surface area contributed by atoms with Gasteiger partial charge in [-0.15, -0.1) is 0 Å². The van der Waals surface area contributed by atoms with Gasteiger partial charge in [-0.2, -0.15) is 0 Å². The molecule has 0 fully saturated rings. The minimum absolute atomic E-state index is 0.190. The number of carboxylic acid groups (broad SMARTS) is 1. The monoisotopic (exact) mass is 339 g/mol. The Balaban J connectivity index is 2.54. The van der Waals surface area contributed by atoms with Gasteiger partial charge in [-0.3, -0.25) is 9.59 Å². The van der Waals surface area contributed by atoms with E-state index in [1.165, 1.54) is 21.3 Å². The van der Waals surface area contributed by atoms with E-state index < -0.39 is 5.97 Å². The molecule has 134 valence electrons. The summed E-state index contributed by atoms with van der Waals surface area (Å²) in [6.07, 6.45) is 3.35. The standard InChI is InChI=1S/C17H25NO6/c1-22-13-10-9-12(15(23-2)16(13)24-3)17(21)18-11-7-5-4-6-8-14(19)20/h9-10H,4-8,11H2,1-3H3,(H,18,21)(H,19,20). The molecular weight excluding hydrogens is 314 g/mol. The third-order valence-electron chi connectivity index (χ3n) is 3.55. The zero-order valence-corrected chi connectivity index (χ0v) is 14.4. The highest BCUT2D eigenvalue weighted by Crippen LogP contribution is 2.39. The largest absolute Gasteiger partial charge is 0.493 e. The van der Waals surface area contributed by atoms with Crippen molar-refractivity contribution in [1.82, 2.24) is 5.32 Å². The van der Waals surface area contributed by atoms with Crippen molar-refractivity contribution < 1.29 is 28.9 Å². The first-order chi connectivity index (χ1) is 11.5. The molecule has 7 heteroatoms. The molecule has 0 heterocycles. The van der Waals surface area contributed by atoms with E-state index in [1.54, 1.807) is 12.1 Å². The molecule has 1 amide bonds. The van der Waals surface area contributed by atoms with Gasteiger partial charge in [0.15, 0.2) is 11.5 Å². The molecule has 0 saturated heterocycles. The Bertz CT molecular complexity index is 558. The Morgan fingerprint density at radius 1 is 0.958 bits per heavy atom. The number of hydrogen-bond acceptors (Lipinski definition) is 5. The number of carbonyl (C=O) groups is 2. The van der Waals surface area contributed by atoms with Crippen molar-refractivity contribution in [2.75, 3.05) is 27.9 Å². The molecule has 1 aromatic rings. The van der Waals surface area contributed by atoms with Gasteiger partial charge in [0.2, 0.25) is 5.75 Å². The third-order valence-corrected chi connectivity index (χ3v) is 3.55. The van der Waals surface area contributed by atoms with E-state index in [0.717, 1.165) is 19.3 Å². The number of benzene rings is 1. The Kier molecular flexibility index (Phi) is 8.46. The van der Waals surface area contributed by atoms with Gasteiger partial charge in [-0.05, 0) is 25.0 Å². The number of methoxy groups -OCH3 is 3. The molecule has 7 nitrogen and oxygen atoms in total. The van der Waals surface area contributed by atoms with Crippen LogP contribution in [0.4, 0.5) is 0 Å². The van der Waals surface area contributed by atoms with E-state index in [-0.39, 0.29) is 12.3 Å². The molecule has 0 aromatic heterocycles. The van der Waals surface area contributed by atoms with Crippen molar-refractivity contribution in [2.45, 2.75) is 32.1 Å². The molecule has 0 spiro atoms. The minimum atomic E-state index is -0.774. The van der Waals surface area contributed by atoms with Crippen LogP contribution in [0.5, 0.6) is 17.2 Å². The average Bonchev–Trinajstić information content (AvgIpc) is 2.58. The Hall–Kier alpha value is -2.44. The molecule has 0 aliphatic carbocycles. The van der Waals surface area contributed by atoms with Crippen molar-refractivity contribution in [1.29, 1.82) is 0 Å². The van der Waals surface area contributed by atoms with Crippen LogP contribution in [0.1, 0.15) is 42.5 Å². The highest BCUT2D eigenvalue weighted by molar-refractivity contribution is 5.98. The average molecular weight is 339 g/mol. The van der Waals surface area contributed by atoms with Gasteiger partial charge in [0.1, 0.15) is 0 Å². The highest BCUT2D eigenvalue weighted by atomic mass is 16.5. The second-order valence-corrected chi connectivity index (χ2v) is 5.20. The lowest BCUT2D eigenvalue weighted by molar-refractivity contribution is -0.137. The van der Waals surface area contributed by atoms with Gasteiger partial charge < -0.3 is 24.6 Å². The molecule has 1 aromatic carbocycles. The van der Waals surface area contributed by atoms with Crippen LogP contribution >= 0.6 is 0 Å². The van der Waals surface area contributed by atoms with Crippen LogP contribution in [-0.2, 0) is 4.79 Å². The summed E-state index contributed by atoms with van der Waals surface area (Å²) in [5, 5.41) is 11.4. The van der Waals surface area contributed by atoms with E-state index >= 15 is 0 Å². The van der Waals surface area contributed by atoms with Crippen molar-refractivity contribution in [2.24, 2.45) is 0 Å². The fourth-order valence-electron chi connectivity index (χ4n) is 2.33. The number of ether oxygens (including phenoxy) is 3. The summed E-state index contributed by atoms with van der Waals surface area (Å²) in [5.74, 6) is 0.170. The van der Waals surface area contributed by atoms with Gasteiger partial charge in [0.05, 0.1) is 26.9 Å². The maximum absolute atomic E-state index is 12.3. The Morgan fingerprint density at radius 2 is 1.62 bits per heavy atom. The fraction of sp³-hybridized carbons (Fsp3) is 0.529. The molecule has 0 aliphatic rings. The zero-order valence-electron chi connectivity index (χ0n) is 14.4. The van der Waals surface area contributed by atoms with E-state index in [0.29, 0.717) is 35.8 Å². The summed E-state index contributed by atoms with van der Waals surface area (Å²) >= 11 is 0. The number of aliphatic carboxylic acids is 1. The smallest absolute Gasteiger partial charge is 0.303 e. The van der Waals surface area contributed by atoms with Gasteiger partial charge >= 0.3 is 5.97 Å². The van der Waals surface area contributed by atoms with Crippen LogP contribution in [-0.4, -0.2) is 44.9 Å². The lowest BCUT2D eigenvalue weighted by atomic mass is 10.1. The first-order valence-corrected chi connectivity index (χ1v) is 7.84. The molecule has 0 saturated carbocycles. The second-order valence-electron chi connectivity index (χ2n) is 5.20. The van der Waals surface area contributed by atoms with E-state index in [2.05, 4.69) is 5.32 Å². The van der Waals surface area contributed by atoms with Gasteiger partial charge in [0, 0.05) is 13.0 Å². The van der Waals surface area contributed by atoms with Crippen molar-refractivity contribution in [3.8, 4) is 17.2 Å². The Morgan fingerprint density at radius 3 is 2.21 bits per heavy atom. The molecule has 0 unspecified atom stereocenters. The number of unbranched alkanes of at least 4 members (excludes halogenated alkanes) is 3. The topological polar surface area (TPSA) is 94.1 Å². The summed E-state index contributed by atoms with van der Waals surface area (Å²) in [7, 11) is 4.47. The Labute approximate surface area is 141 Å². The fourth-order valence-corrected chi connectivity index (χ4v) is 2.33. The summed E-state index contributed by atoms with van der Waals surface area (Å²) in [5.41, 5.74) is 0.376. The second kappa shape index (κ2) is 10.4. The summed E-state index contributed by atoms with van der Waals surface area (Å²) in [6.45, 7) is 0.517. The van der Waals surface area contributed by atoms with Crippen LogP contribution in [0.3, 0.4) is 0 Å². The summed E-state index contributed by atoms with van der Waals surface area (Å²) in [6, 6.07) is 3.28. The maximum Gasteiger partial charge on any atom is 0.303 e. The summed E-state index contributed by atoms with van der Waals surface area (Å²) in [4.78, 5) is 22.7. The van der Waals surface area contributed by atoms with Gasteiger partial charge in [-0.25, -0.2) is 0 Å². The molecular formula is C17H25NO6. The number of carboxylic acids is 1. The van der Waals surface area contributed by atoms with Crippen LogP contribution in [0.2, 0.25) is 0 Å². The van der Waals surface area contributed by atoms with Crippen molar-refractivity contribution >= 4 is 11.9 Å².